The van der Waals surface area contributed by atoms with E-state index in [-0.39, 0.29) is 12.6 Å². The van der Waals surface area contributed by atoms with Gasteiger partial charge in [-0.3, -0.25) is 4.98 Å². The van der Waals surface area contributed by atoms with Gasteiger partial charge in [-0.1, -0.05) is 0 Å². The lowest BCUT2D eigenvalue weighted by atomic mass is 10.5. The van der Waals surface area contributed by atoms with Crippen molar-refractivity contribution in [2.75, 3.05) is 13.2 Å². The molecule has 11 heavy (non-hydrogen) atoms. The van der Waals surface area contributed by atoms with Gasteiger partial charge in [0.2, 0.25) is 0 Å². The molecule has 0 amide bonds. The standard InChI is InChI=1S/C6H8N2O2S/c7-1-2-10-6(9)5-3-8-4-11-5/h3-4H,1-2,7H2. The predicted molar refractivity (Wildman–Crippen MR) is 41.5 cm³/mol. The van der Waals surface area contributed by atoms with Crippen LogP contribution in [0.25, 0.3) is 0 Å². The number of hydrogen-bond acceptors (Lipinski definition) is 5. The van der Waals surface area contributed by atoms with Crippen LogP contribution >= 0.6 is 11.3 Å². The zero-order valence-corrected chi connectivity index (χ0v) is 6.63. The number of rotatable bonds is 3. The normalized spacial score (nSPS) is 9.55. The van der Waals surface area contributed by atoms with Crippen molar-refractivity contribution in [3.8, 4) is 0 Å². The van der Waals surface area contributed by atoms with E-state index in [0.717, 1.165) is 0 Å². The topological polar surface area (TPSA) is 65.2 Å². The van der Waals surface area contributed by atoms with Crippen LogP contribution in [0.4, 0.5) is 0 Å². The van der Waals surface area contributed by atoms with Crippen LogP contribution in [0.15, 0.2) is 11.7 Å². The number of aromatic nitrogens is 1. The van der Waals surface area contributed by atoms with Gasteiger partial charge in [-0.05, 0) is 0 Å². The van der Waals surface area contributed by atoms with E-state index in [0.29, 0.717) is 11.4 Å². The van der Waals surface area contributed by atoms with Gasteiger partial charge in [-0.25, -0.2) is 4.79 Å². The second kappa shape index (κ2) is 4.05. The Morgan fingerprint density at radius 1 is 1.82 bits per heavy atom. The van der Waals surface area contributed by atoms with Gasteiger partial charge in [0, 0.05) is 6.54 Å². The average molecular weight is 172 g/mol. The highest BCUT2D eigenvalue weighted by Crippen LogP contribution is 2.06. The largest absolute Gasteiger partial charge is 0.460 e. The lowest BCUT2D eigenvalue weighted by Gasteiger charge is -1.97. The molecule has 0 bridgehead atoms. The third-order valence-corrected chi connectivity index (χ3v) is 1.74. The molecule has 1 aromatic rings. The highest BCUT2D eigenvalue weighted by molar-refractivity contribution is 7.11. The Bertz CT molecular complexity index is 222. The molecular weight excluding hydrogens is 164 g/mol. The minimum Gasteiger partial charge on any atom is -0.460 e. The van der Waals surface area contributed by atoms with Crippen LogP contribution in [0, 0.1) is 0 Å². The molecule has 2 N–H and O–H groups in total. The first-order valence-electron chi connectivity index (χ1n) is 3.10. The summed E-state index contributed by atoms with van der Waals surface area (Å²) in [7, 11) is 0. The molecule has 1 aromatic heterocycles. The number of carbonyl (C=O) groups excluding carboxylic acids is 1. The summed E-state index contributed by atoms with van der Waals surface area (Å²) in [5.74, 6) is -0.349. The van der Waals surface area contributed by atoms with Crippen LogP contribution in [0.5, 0.6) is 0 Å². The zero-order chi connectivity index (χ0) is 8.10. The molecule has 0 atom stereocenters. The summed E-state index contributed by atoms with van der Waals surface area (Å²) in [6.07, 6.45) is 1.48. The first-order valence-corrected chi connectivity index (χ1v) is 3.98. The molecule has 0 aliphatic rings. The van der Waals surface area contributed by atoms with Crippen molar-refractivity contribution in [2.24, 2.45) is 5.73 Å². The fourth-order valence-corrected chi connectivity index (χ4v) is 1.05. The summed E-state index contributed by atoms with van der Waals surface area (Å²) in [4.78, 5) is 15.2. The van der Waals surface area contributed by atoms with Crippen LogP contribution < -0.4 is 5.73 Å². The van der Waals surface area contributed by atoms with E-state index < -0.39 is 0 Å². The number of hydrogen-bond donors (Lipinski definition) is 1. The van der Waals surface area contributed by atoms with E-state index in [1.807, 2.05) is 0 Å². The molecule has 5 heteroatoms. The van der Waals surface area contributed by atoms with Crippen molar-refractivity contribution in [2.45, 2.75) is 0 Å². The van der Waals surface area contributed by atoms with Crippen LogP contribution in [0.1, 0.15) is 9.67 Å². The summed E-state index contributed by atoms with van der Waals surface area (Å²) >= 11 is 1.25. The van der Waals surface area contributed by atoms with Gasteiger partial charge in [0.15, 0.2) is 0 Å². The minimum absolute atomic E-state index is 0.261. The summed E-state index contributed by atoms with van der Waals surface area (Å²) in [6, 6.07) is 0. The molecular formula is C6H8N2O2S. The van der Waals surface area contributed by atoms with Gasteiger partial charge >= 0.3 is 5.97 Å². The van der Waals surface area contributed by atoms with Crippen molar-refractivity contribution in [1.82, 2.24) is 4.98 Å². The van der Waals surface area contributed by atoms with Crippen molar-refractivity contribution >= 4 is 17.3 Å². The smallest absolute Gasteiger partial charge is 0.350 e. The highest BCUT2D eigenvalue weighted by Gasteiger charge is 2.06. The Balaban J connectivity index is 2.43. The molecule has 0 aromatic carbocycles. The Kier molecular flexibility index (Phi) is 3.00. The average Bonchev–Trinajstić information content (AvgIpc) is 2.52. The first kappa shape index (κ1) is 8.16. The third kappa shape index (κ3) is 2.28. The number of ether oxygens (including phenoxy) is 1. The maximum atomic E-state index is 11.0. The van der Waals surface area contributed by atoms with E-state index in [1.54, 1.807) is 5.51 Å². The van der Waals surface area contributed by atoms with Crippen molar-refractivity contribution in [3.63, 3.8) is 0 Å². The van der Waals surface area contributed by atoms with Crippen LogP contribution in [-0.2, 0) is 4.74 Å². The third-order valence-electron chi connectivity index (χ3n) is 0.985. The van der Waals surface area contributed by atoms with Gasteiger partial charge in [0.1, 0.15) is 11.5 Å². The summed E-state index contributed by atoms with van der Waals surface area (Å²) < 4.78 is 4.74. The number of carbonyl (C=O) groups is 1. The summed E-state index contributed by atoms with van der Waals surface area (Å²) in [5.41, 5.74) is 6.72. The molecule has 0 aliphatic carbocycles. The molecule has 0 aliphatic heterocycles. The Labute approximate surface area is 68.0 Å². The van der Waals surface area contributed by atoms with Crippen molar-refractivity contribution in [1.29, 1.82) is 0 Å². The van der Waals surface area contributed by atoms with E-state index in [1.165, 1.54) is 17.5 Å². The van der Waals surface area contributed by atoms with Gasteiger partial charge in [-0.2, -0.15) is 0 Å². The fraction of sp³-hybridized carbons (Fsp3) is 0.333. The van der Waals surface area contributed by atoms with E-state index >= 15 is 0 Å². The van der Waals surface area contributed by atoms with Gasteiger partial charge in [0.05, 0.1) is 11.7 Å². The molecule has 1 rings (SSSR count). The second-order valence-electron chi connectivity index (χ2n) is 1.79. The molecule has 0 spiro atoms. The van der Waals surface area contributed by atoms with E-state index in [4.69, 9.17) is 10.5 Å². The lowest BCUT2D eigenvalue weighted by molar-refractivity contribution is 0.0522. The number of thiazole rings is 1. The SMILES string of the molecule is NCCOC(=O)c1cncs1. The van der Waals surface area contributed by atoms with Crippen LogP contribution in [0.2, 0.25) is 0 Å². The molecule has 0 saturated carbocycles. The Morgan fingerprint density at radius 3 is 3.18 bits per heavy atom. The van der Waals surface area contributed by atoms with Crippen molar-refractivity contribution < 1.29 is 9.53 Å². The Hall–Kier alpha value is -0.940. The van der Waals surface area contributed by atoms with E-state index in [2.05, 4.69) is 4.98 Å². The number of esters is 1. The highest BCUT2D eigenvalue weighted by atomic mass is 32.1. The molecule has 0 fully saturated rings. The molecule has 0 saturated heterocycles. The monoisotopic (exact) mass is 172 g/mol. The van der Waals surface area contributed by atoms with Crippen LogP contribution in [-0.4, -0.2) is 24.1 Å². The molecule has 60 valence electrons. The molecule has 1 heterocycles. The lowest BCUT2D eigenvalue weighted by Crippen LogP contribution is -2.12. The van der Waals surface area contributed by atoms with Crippen molar-refractivity contribution in [3.05, 3.63) is 16.6 Å². The molecule has 4 nitrogen and oxygen atoms in total. The summed E-state index contributed by atoms with van der Waals surface area (Å²) in [5, 5.41) is 0. The maximum Gasteiger partial charge on any atom is 0.350 e. The van der Waals surface area contributed by atoms with Gasteiger partial charge in [0.25, 0.3) is 0 Å². The van der Waals surface area contributed by atoms with Crippen LogP contribution in [0.3, 0.4) is 0 Å². The Morgan fingerprint density at radius 2 is 2.64 bits per heavy atom. The fourth-order valence-electron chi connectivity index (χ4n) is 0.539. The molecule has 0 radical (unpaired) electrons. The van der Waals surface area contributed by atoms with Gasteiger partial charge < -0.3 is 10.5 Å². The predicted octanol–water partition coefficient (Wildman–Crippen LogP) is 0.259. The summed E-state index contributed by atoms with van der Waals surface area (Å²) in [6.45, 7) is 0.612. The number of nitrogens with two attached hydrogens (primary N) is 1. The molecule has 0 unspecified atom stereocenters. The zero-order valence-electron chi connectivity index (χ0n) is 5.82. The van der Waals surface area contributed by atoms with E-state index in [9.17, 15) is 4.79 Å². The maximum absolute atomic E-state index is 11.0. The second-order valence-corrected chi connectivity index (χ2v) is 2.68. The first-order chi connectivity index (χ1) is 5.34. The van der Waals surface area contributed by atoms with Gasteiger partial charge in [-0.15, -0.1) is 11.3 Å². The quantitative estimate of drug-likeness (QED) is 0.664. The minimum atomic E-state index is -0.349. The number of nitrogens with zero attached hydrogens (tertiary/aromatic N) is 1.